The van der Waals surface area contributed by atoms with E-state index in [1.165, 1.54) is 0 Å². The first kappa shape index (κ1) is 13.9. The van der Waals surface area contributed by atoms with Crippen molar-refractivity contribution in [3.63, 3.8) is 0 Å². The summed E-state index contributed by atoms with van der Waals surface area (Å²) in [6, 6.07) is -1.36. The maximum atomic E-state index is 11.8. The average Bonchev–Trinajstić information content (AvgIpc) is 2.71. The summed E-state index contributed by atoms with van der Waals surface area (Å²) in [7, 11) is 0. The highest BCUT2D eigenvalue weighted by atomic mass is 16.4. The van der Waals surface area contributed by atoms with Crippen LogP contribution in [0.15, 0.2) is 0 Å². The van der Waals surface area contributed by atoms with Gasteiger partial charge in [0.25, 0.3) is 0 Å². The van der Waals surface area contributed by atoms with E-state index in [0.717, 1.165) is 0 Å². The molecule has 1 aliphatic heterocycles. The van der Waals surface area contributed by atoms with Crippen molar-refractivity contribution in [3.05, 3.63) is 0 Å². The number of aliphatic hydroxyl groups is 1. The molecule has 0 aromatic rings. The molecule has 98 valence electrons. The molecule has 1 aliphatic rings. The van der Waals surface area contributed by atoms with Gasteiger partial charge >= 0.3 is 5.97 Å². The minimum absolute atomic E-state index is 0.122. The van der Waals surface area contributed by atoms with Gasteiger partial charge in [0.1, 0.15) is 6.04 Å². The highest BCUT2D eigenvalue weighted by molar-refractivity contribution is 5.87. The van der Waals surface area contributed by atoms with Crippen molar-refractivity contribution in [2.24, 2.45) is 5.92 Å². The van der Waals surface area contributed by atoms with E-state index in [-0.39, 0.29) is 11.8 Å². The highest BCUT2D eigenvalue weighted by Gasteiger charge is 2.32. The number of carboxylic acids is 1. The molecule has 6 heteroatoms. The maximum absolute atomic E-state index is 11.8. The number of hydrogen-bond acceptors (Lipinski definition) is 4. The van der Waals surface area contributed by atoms with Crippen molar-refractivity contribution in [1.29, 1.82) is 0 Å². The van der Waals surface area contributed by atoms with Crippen molar-refractivity contribution >= 4 is 11.9 Å². The Balaban J connectivity index is 2.55. The second-order valence-electron chi connectivity index (χ2n) is 4.56. The SMILES string of the molecule is CC[C@H](C)[C@@H](NC(=O)C1C[C@@H](O)CN1)C(=O)O. The predicted octanol–water partition coefficient (Wildman–Crippen LogP) is -0.675. The van der Waals surface area contributed by atoms with Gasteiger partial charge in [0.2, 0.25) is 5.91 Å². The van der Waals surface area contributed by atoms with E-state index < -0.39 is 24.2 Å². The standard InChI is InChI=1S/C11H20N2O4/c1-3-6(2)9(11(16)17)13-10(15)8-4-7(14)5-12-8/h6-9,12,14H,3-5H2,1-2H3,(H,13,15)(H,16,17)/t6-,7+,8?,9+/m0/s1. The summed E-state index contributed by atoms with van der Waals surface area (Å²) in [6.07, 6.45) is 0.481. The van der Waals surface area contributed by atoms with E-state index in [1.807, 2.05) is 6.92 Å². The summed E-state index contributed by atoms with van der Waals surface area (Å²) in [4.78, 5) is 22.8. The van der Waals surface area contributed by atoms with Gasteiger partial charge < -0.3 is 20.8 Å². The van der Waals surface area contributed by atoms with Gasteiger partial charge in [-0.05, 0) is 12.3 Å². The molecule has 1 fully saturated rings. The Bertz CT molecular complexity index is 295. The van der Waals surface area contributed by atoms with Gasteiger partial charge in [-0.1, -0.05) is 20.3 Å². The summed E-state index contributed by atoms with van der Waals surface area (Å²) < 4.78 is 0. The van der Waals surface area contributed by atoms with Crippen molar-refractivity contribution < 1.29 is 19.8 Å². The third kappa shape index (κ3) is 3.67. The van der Waals surface area contributed by atoms with Crippen LogP contribution in [-0.2, 0) is 9.59 Å². The summed E-state index contributed by atoms with van der Waals surface area (Å²) in [5.74, 6) is -1.50. The lowest BCUT2D eigenvalue weighted by atomic mass is 9.99. The predicted molar refractivity (Wildman–Crippen MR) is 61.4 cm³/mol. The lowest BCUT2D eigenvalue weighted by molar-refractivity contribution is -0.143. The van der Waals surface area contributed by atoms with Crippen LogP contribution in [0.25, 0.3) is 0 Å². The molecule has 0 spiro atoms. The van der Waals surface area contributed by atoms with Crippen LogP contribution < -0.4 is 10.6 Å². The lowest BCUT2D eigenvalue weighted by Gasteiger charge is -2.22. The third-order valence-corrected chi connectivity index (χ3v) is 3.20. The summed E-state index contributed by atoms with van der Waals surface area (Å²) in [5.41, 5.74) is 0. The monoisotopic (exact) mass is 244 g/mol. The minimum Gasteiger partial charge on any atom is -0.480 e. The van der Waals surface area contributed by atoms with Crippen molar-refractivity contribution in [1.82, 2.24) is 10.6 Å². The van der Waals surface area contributed by atoms with Crippen LogP contribution in [0, 0.1) is 5.92 Å². The van der Waals surface area contributed by atoms with Crippen molar-refractivity contribution in [3.8, 4) is 0 Å². The zero-order valence-electron chi connectivity index (χ0n) is 10.1. The lowest BCUT2D eigenvalue weighted by Crippen LogP contribution is -2.50. The van der Waals surface area contributed by atoms with Gasteiger partial charge in [-0.25, -0.2) is 4.79 Å². The Morgan fingerprint density at radius 1 is 1.53 bits per heavy atom. The first-order chi connectivity index (χ1) is 7.95. The van der Waals surface area contributed by atoms with E-state index in [4.69, 9.17) is 5.11 Å². The maximum Gasteiger partial charge on any atom is 0.326 e. The molecule has 6 nitrogen and oxygen atoms in total. The molecule has 1 saturated heterocycles. The largest absolute Gasteiger partial charge is 0.480 e. The topological polar surface area (TPSA) is 98.7 Å². The van der Waals surface area contributed by atoms with E-state index in [9.17, 15) is 14.7 Å². The minimum atomic E-state index is -1.02. The molecule has 0 aromatic carbocycles. The number of carboxylic acid groups (broad SMARTS) is 1. The van der Waals surface area contributed by atoms with Gasteiger partial charge in [-0.3, -0.25) is 4.79 Å². The second kappa shape index (κ2) is 5.97. The third-order valence-electron chi connectivity index (χ3n) is 3.20. The molecule has 4 atom stereocenters. The second-order valence-corrected chi connectivity index (χ2v) is 4.56. The van der Waals surface area contributed by atoms with Gasteiger partial charge in [0.15, 0.2) is 0 Å². The van der Waals surface area contributed by atoms with E-state index in [1.54, 1.807) is 6.92 Å². The molecule has 1 rings (SSSR count). The molecule has 0 bridgehead atoms. The Labute approximate surface area is 100 Å². The van der Waals surface area contributed by atoms with E-state index in [0.29, 0.717) is 19.4 Å². The number of nitrogens with one attached hydrogen (secondary N) is 2. The molecular formula is C11H20N2O4. The Hall–Kier alpha value is -1.14. The molecule has 17 heavy (non-hydrogen) atoms. The van der Waals surface area contributed by atoms with Crippen LogP contribution in [0.4, 0.5) is 0 Å². The number of rotatable bonds is 5. The van der Waals surface area contributed by atoms with E-state index in [2.05, 4.69) is 10.6 Å². The molecule has 1 unspecified atom stereocenters. The van der Waals surface area contributed by atoms with Crippen molar-refractivity contribution in [2.75, 3.05) is 6.54 Å². The van der Waals surface area contributed by atoms with Gasteiger partial charge in [0, 0.05) is 6.54 Å². The molecular weight excluding hydrogens is 224 g/mol. The number of hydrogen-bond donors (Lipinski definition) is 4. The smallest absolute Gasteiger partial charge is 0.326 e. The number of β-amino-alcohol motifs (C(OH)–C–C–N with tert-alkyl or cyclic N) is 1. The first-order valence-corrected chi connectivity index (χ1v) is 5.90. The van der Waals surface area contributed by atoms with Crippen LogP contribution in [-0.4, -0.2) is 46.8 Å². The van der Waals surface area contributed by atoms with Crippen LogP contribution in [0.2, 0.25) is 0 Å². The Kier molecular flexibility index (Phi) is 4.89. The van der Waals surface area contributed by atoms with Crippen LogP contribution in [0.5, 0.6) is 0 Å². The van der Waals surface area contributed by atoms with Crippen LogP contribution >= 0.6 is 0 Å². The zero-order valence-corrected chi connectivity index (χ0v) is 10.1. The van der Waals surface area contributed by atoms with Gasteiger partial charge in [0.05, 0.1) is 12.1 Å². The number of amides is 1. The Morgan fingerprint density at radius 3 is 2.59 bits per heavy atom. The normalized spacial score (nSPS) is 27.5. The van der Waals surface area contributed by atoms with Gasteiger partial charge in [-0.2, -0.15) is 0 Å². The zero-order chi connectivity index (χ0) is 13.0. The van der Waals surface area contributed by atoms with Crippen LogP contribution in [0.3, 0.4) is 0 Å². The highest BCUT2D eigenvalue weighted by Crippen LogP contribution is 2.11. The fraction of sp³-hybridized carbons (Fsp3) is 0.818. The fourth-order valence-corrected chi connectivity index (χ4v) is 1.85. The van der Waals surface area contributed by atoms with Gasteiger partial charge in [-0.15, -0.1) is 0 Å². The molecule has 1 amide bonds. The van der Waals surface area contributed by atoms with E-state index >= 15 is 0 Å². The summed E-state index contributed by atoms with van der Waals surface area (Å²) in [6.45, 7) is 4.04. The molecule has 4 N–H and O–H groups in total. The molecule has 0 saturated carbocycles. The molecule has 0 radical (unpaired) electrons. The average molecular weight is 244 g/mol. The quantitative estimate of drug-likeness (QED) is 0.514. The number of carbonyl (C=O) groups is 2. The fourth-order valence-electron chi connectivity index (χ4n) is 1.85. The number of aliphatic carboxylic acids is 1. The molecule has 0 aliphatic carbocycles. The summed E-state index contributed by atoms with van der Waals surface area (Å²) >= 11 is 0. The number of carbonyl (C=O) groups excluding carboxylic acids is 1. The van der Waals surface area contributed by atoms with Crippen LogP contribution in [0.1, 0.15) is 26.7 Å². The van der Waals surface area contributed by atoms with Crippen molar-refractivity contribution in [2.45, 2.75) is 44.9 Å². The molecule has 1 heterocycles. The first-order valence-electron chi connectivity index (χ1n) is 5.90. The number of aliphatic hydroxyl groups excluding tert-OH is 1. The Morgan fingerprint density at radius 2 is 2.18 bits per heavy atom. The summed E-state index contributed by atoms with van der Waals surface area (Å²) in [5, 5.41) is 23.7. The molecule has 0 aromatic heterocycles.